The highest BCUT2D eigenvalue weighted by Crippen LogP contribution is 2.32. The van der Waals surface area contributed by atoms with E-state index in [1.54, 1.807) is 6.07 Å². The number of fused-ring (bicyclic) bond motifs is 1. The average Bonchev–Trinajstić information content (AvgIpc) is 2.92. The molecule has 0 radical (unpaired) electrons. The minimum absolute atomic E-state index is 0.276. The SMILES string of the molecule is N#C/C(=C(/N)c1cc2ccc(F)cc2s1)c1ccccc1. The Balaban J connectivity index is 2.16. The minimum atomic E-state index is -0.276. The summed E-state index contributed by atoms with van der Waals surface area (Å²) >= 11 is 1.38. The zero-order valence-corrected chi connectivity index (χ0v) is 11.8. The molecule has 0 atom stereocenters. The highest BCUT2D eigenvalue weighted by Gasteiger charge is 2.11. The molecule has 0 aliphatic rings. The Hall–Kier alpha value is -2.64. The van der Waals surface area contributed by atoms with Crippen LogP contribution in [0.1, 0.15) is 10.4 Å². The van der Waals surface area contributed by atoms with Crippen molar-refractivity contribution >= 4 is 32.7 Å². The summed E-state index contributed by atoms with van der Waals surface area (Å²) in [5.74, 6) is -0.276. The third-order valence-electron chi connectivity index (χ3n) is 3.19. The fourth-order valence-electron chi connectivity index (χ4n) is 2.15. The average molecular weight is 294 g/mol. The third-order valence-corrected chi connectivity index (χ3v) is 4.32. The van der Waals surface area contributed by atoms with Gasteiger partial charge in [-0.15, -0.1) is 11.3 Å². The molecule has 102 valence electrons. The first kappa shape index (κ1) is 13.3. The Morgan fingerprint density at radius 2 is 1.86 bits per heavy atom. The zero-order chi connectivity index (χ0) is 14.8. The van der Waals surface area contributed by atoms with Crippen molar-refractivity contribution in [1.29, 1.82) is 5.26 Å². The second-order valence-electron chi connectivity index (χ2n) is 4.56. The normalized spacial score (nSPS) is 12.0. The number of nitrogens with zero attached hydrogens (tertiary/aromatic N) is 1. The molecule has 0 amide bonds. The predicted molar refractivity (Wildman–Crippen MR) is 84.8 cm³/mol. The van der Waals surface area contributed by atoms with Crippen LogP contribution in [0.4, 0.5) is 4.39 Å². The van der Waals surface area contributed by atoms with Crippen molar-refractivity contribution in [1.82, 2.24) is 0 Å². The van der Waals surface area contributed by atoms with Gasteiger partial charge >= 0.3 is 0 Å². The van der Waals surface area contributed by atoms with E-state index in [1.165, 1.54) is 23.5 Å². The molecule has 0 spiro atoms. The lowest BCUT2D eigenvalue weighted by Gasteiger charge is -2.03. The van der Waals surface area contributed by atoms with Crippen LogP contribution in [0, 0.1) is 17.1 Å². The third kappa shape index (κ3) is 2.51. The molecule has 2 nitrogen and oxygen atoms in total. The van der Waals surface area contributed by atoms with Crippen molar-refractivity contribution in [2.24, 2.45) is 5.73 Å². The molecule has 3 aromatic rings. The number of hydrogen-bond acceptors (Lipinski definition) is 3. The van der Waals surface area contributed by atoms with Gasteiger partial charge in [-0.05, 0) is 29.1 Å². The van der Waals surface area contributed by atoms with Crippen LogP contribution in [0.2, 0.25) is 0 Å². The van der Waals surface area contributed by atoms with E-state index < -0.39 is 0 Å². The maximum absolute atomic E-state index is 13.2. The van der Waals surface area contributed by atoms with Crippen molar-refractivity contribution in [3.63, 3.8) is 0 Å². The van der Waals surface area contributed by atoms with Crippen molar-refractivity contribution in [3.8, 4) is 6.07 Å². The van der Waals surface area contributed by atoms with Crippen LogP contribution in [0.15, 0.2) is 54.6 Å². The van der Waals surface area contributed by atoms with E-state index in [9.17, 15) is 9.65 Å². The Bertz CT molecular complexity index is 873. The fourth-order valence-corrected chi connectivity index (χ4v) is 3.20. The molecule has 3 rings (SSSR count). The number of allylic oxidation sites excluding steroid dienone is 1. The maximum Gasteiger partial charge on any atom is 0.124 e. The fraction of sp³-hybridized carbons (Fsp3) is 0. The largest absolute Gasteiger partial charge is 0.396 e. The summed E-state index contributed by atoms with van der Waals surface area (Å²) in [5.41, 5.74) is 7.79. The van der Waals surface area contributed by atoms with Crippen molar-refractivity contribution < 1.29 is 4.39 Å². The molecule has 21 heavy (non-hydrogen) atoms. The molecule has 0 fully saturated rings. The van der Waals surface area contributed by atoms with Gasteiger partial charge in [0.1, 0.15) is 11.9 Å². The highest BCUT2D eigenvalue weighted by molar-refractivity contribution is 7.20. The quantitative estimate of drug-likeness (QED) is 0.712. The Kier molecular flexibility index (Phi) is 3.43. The standard InChI is InChI=1S/C17H11FN2S/c18-13-7-6-12-8-16(21-15(12)9-13)17(20)14(10-19)11-4-2-1-3-5-11/h1-9H,20H2/b17-14-. The van der Waals surface area contributed by atoms with Crippen LogP contribution in [0.5, 0.6) is 0 Å². The number of halogens is 1. The topological polar surface area (TPSA) is 49.8 Å². The summed E-state index contributed by atoms with van der Waals surface area (Å²) in [4.78, 5) is 0.774. The minimum Gasteiger partial charge on any atom is -0.396 e. The summed E-state index contributed by atoms with van der Waals surface area (Å²) in [5, 5.41) is 10.3. The molecule has 0 saturated heterocycles. The predicted octanol–water partition coefficient (Wildman–Crippen LogP) is 4.39. The monoisotopic (exact) mass is 294 g/mol. The molecule has 0 aliphatic heterocycles. The van der Waals surface area contributed by atoms with E-state index in [2.05, 4.69) is 6.07 Å². The lowest BCUT2D eigenvalue weighted by molar-refractivity contribution is 0.630. The van der Waals surface area contributed by atoms with Crippen molar-refractivity contribution in [2.75, 3.05) is 0 Å². The van der Waals surface area contributed by atoms with Crippen molar-refractivity contribution in [3.05, 3.63) is 70.9 Å². The number of hydrogen-bond donors (Lipinski definition) is 1. The number of benzene rings is 2. The molecule has 0 bridgehead atoms. The molecular formula is C17H11FN2S. The van der Waals surface area contributed by atoms with Gasteiger partial charge in [0, 0.05) is 4.70 Å². The van der Waals surface area contributed by atoms with Gasteiger partial charge < -0.3 is 5.73 Å². The number of thiophene rings is 1. The Morgan fingerprint density at radius 1 is 1.10 bits per heavy atom. The maximum atomic E-state index is 13.2. The zero-order valence-electron chi connectivity index (χ0n) is 11.0. The smallest absolute Gasteiger partial charge is 0.124 e. The molecule has 0 saturated carbocycles. The van der Waals surface area contributed by atoms with Gasteiger partial charge in [0.2, 0.25) is 0 Å². The van der Waals surface area contributed by atoms with Gasteiger partial charge in [-0.3, -0.25) is 0 Å². The van der Waals surface area contributed by atoms with Crippen molar-refractivity contribution in [2.45, 2.75) is 0 Å². The van der Waals surface area contributed by atoms with Crippen LogP contribution in [-0.4, -0.2) is 0 Å². The molecule has 1 heterocycles. The van der Waals surface area contributed by atoms with E-state index in [-0.39, 0.29) is 5.82 Å². The Morgan fingerprint density at radius 3 is 2.57 bits per heavy atom. The number of nitrogens with two attached hydrogens (primary N) is 1. The van der Waals surface area contributed by atoms with E-state index in [1.807, 2.05) is 36.4 Å². The highest BCUT2D eigenvalue weighted by atomic mass is 32.1. The summed E-state index contributed by atoms with van der Waals surface area (Å²) in [6.07, 6.45) is 0. The Labute approximate surface area is 125 Å². The van der Waals surface area contributed by atoms with Crippen LogP contribution in [-0.2, 0) is 0 Å². The first-order chi connectivity index (χ1) is 10.2. The first-order valence-electron chi connectivity index (χ1n) is 6.34. The van der Waals surface area contributed by atoms with Crippen LogP contribution < -0.4 is 5.73 Å². The molecule has 2 aromatic carbocycles. The lowest BCUT2D eigenvalue weighted by atomic mass is 10.0. The molecule has 1 aromatic heterocycles. The molecule has 4 heteroatoms. The van der Waals surface area contributed by atoms with Gasteiger partial charge in [0.25, 0.3) is 0 Å². The number of rotatable bonds is 2. The lowest BCUT2D eigenvalue weighted by Crippen LogP contribution is -1.98. The van der Waals surface area contributed by atoms with E-state index >= 15 is 0 Å². The summed E-state index contributed by atoms with van der Waals surface area (Å²) in [6.45, 7) is 0. The summed E-state index contributed by atoms with van der Waals surface area (Å²) in [6, 6.07) is 18.0. The molecule has 2 N–H and O–H groups in total. The second-order valence-corrected chi connectivity index (χ2v) is 5.64. The molecular weight excluding hydrogens is 283 g/mol. The molecule has 0 unspecified atom stereocenters. The van der Waals surface area contributed by atoms with Crippen LogP contribution in [0.25, 0.3) is 21.4 Å². The molecule has 0 aliphatic carbocycles. The first-order valence-corrected chi connectivity index (χ1v) is 7.15. The van der Waals surface area contributed by atoms with Crippen LogP contribution >= 0.6 is 11.3 Å². The van der Waals surface area contributed by atoms with Gasteiger partial charge in [0.05, 0.1) is 16.1 Å². The van der Waals surface area contributed by atoms with E-state index in [4.69, 9.17) is 5.73 Å². The van der Waals surface area contributed by atoms with Gasteiger partial charge in [0.15, 0.2) is 0 Å². The second kappa shape index (κ2) is 5.39. The van der Waals surface area contributed by atoms with E-state index in [0.29, 0.717) is 11.3 Å². The van der Waals surface area contributed by atoms with Gasteiger partial charge in [-0.25, -0.2) is 4.39 Å². The van der Waals surface area contributed by atoms with Gasteiger partial charge in [-0.2, -0.15) is 5.26 Å². The van der Waals surface area contributed by atoms with E-state index in [0.717, 1.165) is 20.5 Å². The van der Waals surface area contributed by atoms with Crippen LogP contribution in [0.3, 0.4) is 0 Å². The van der Waals surface area contributed by atoms with Gasteiger partial charge in [-0.1, -0.05) is 36.4 Å². The number of nitriles is 1. The summed E-state index contributed by atoms with van der Waals surface area (Å²) in [7, 11) is 0. The summed E-state index contributed by atoms with van der Waals surface area (Å²) < 4.78 is 14.1.